The third-order valence-corrected chi connectivity index (χ3v) is 5.40. The largest absolute Gasteiger partial charge is 0.468 e. The van der Waals surface area contributed by atoms with Gasteiger partial charge < -0.3 is 10.2 Å². The standard InChI is InChI=1S/C14H15FN2O3S/c15-12-4-1-5-13(14(12)16)21(18,19)17(10-6-7-10)9-11-3-2-8-20-11/h1-5,8,10H,6-7,9,16H2. The van der Waals surface area contributed by atoms with E-state index in [0.29, 0.717) is 5.76 Å². The SMILES string of the molecule is Nc1c(F)cccc1S(=O)(=O)N(Cc1ccco1)C1CC1. The van der Waals surface area contributed by atoms with Gasteiger partial charge in [-0.1, -0.05) is 6.07 Å². The average Bonchev–Trinajstić information content (AvgIpc) is 3.15. The fourth-order valence-electron chi connectivity index (χ4n) is 2.20. The molecule has 3 rings (SSSR count). The Labute approximate surface area is 122 Å². The van der Waals surface area contributed by atoms with Gasteiger partial charge >= 0.3 is 0 Å². The Morgan fingerprint density at radius 3 is 2.67 bits per heavy atom. The molecule has 0 unspecified atom stereocenters. The Bertz CT molecular complexity index is 740. The number of furan rings is 1. The predicted molar refractivity (Wildman–Crippen MR) is 75.3 cm³/mol. The highest BCUT2D eigenvalue weighted by Crippen LogP contribution is 2.35. The maximum Gasteiger partial charge on any atom is 0.245 e. The Kier molecular flexibility index (Phi) is 3.46. The number of hydrogen-bond donors (Lipinski definition) is 1. The fraction of sp³-hybridized carbons (Fsp3) is 0.286. The molecule has 1 aromatic carbocycles. The molecule has 0 amide bonds. The number of nitrogens with zero attached hydrogens (tertiary/aromatic N) is 1. The van der Waals surface area contributed by atoms with Crippen molar-refractivity contribution in [3.63, 3.8) is 0 Å². The Morgan fingerprint density at radius 2 is 2.05 bits per heavy atom. The minimum Gasteiger partial charge on any atom is -0.468 e. The number of nitrogen functional groups attached to an aromatic ring is 1. The minimum atomic E-state index is -3.86. The first-order valence-electron chi connectivity index (χ1n) is 6.58. The van der Waals surface area contributed by atoms with E-state index in [9.17, 15) is 12.8 Å². The molecular formula is C14H15FN2O3S. The van der Waals surface area contributed by atoms with Gasteiger partial charge in [0.05, 0.1) is 18.5 Å². The molecule has 1 saturated carbocycles. The van der Waals surface area contributed by atoms with Crippen LogP contribution in [-0.4, -0.2) is 18.8 Å². The zero-order chi connectivity index (χ0) is 15.0. The summed E-state index contributed by atoms with van der Waals surface area (Å²) in [5, 5.41) is 0. The minimum absolute atomic E-state index is 0.0808. The number of rotatable bonds is 5. The second-order valence-corrected chi connectivity index (χ2v) is 6.87. The van der Waals surface area contributed by atoms with Crippen molar-refractivity contribution >= 4 is 15.7 Å². The van der Waals surface area contributed by atoms with E-state index in [4.69, 9.17) is 10.2 Å². The zero-order valence-corrected chi connectivity index (χ0v) is 12.0. The van der Waals surface area contributed by atoms with Crippen LogP contribution >= 0.6 is 0 Å². The zero-order valence-electron chi connectivity index (χ0n) is 11.2. The van der Waals surface area contributed by atoms with Crippen LogP contribution in [-0.2, 0) is 16.6 Å². The average molecular weight is 310 g/mol. The van der Waals surface area contributed by atoms with Gasteiger partial charge in [0.15, 0.2) is 0 Å². The smallest absolute Gasteiger partial charge is 0.245 e. The fourth-order valence-corrected chi connectivity index (χ4v) is 3.98. The highest BCUT2D eigenvalue weighted by atomic mass is 32.2. The number of sulfonamides is 1. The summed E-state index contributed by atoms with van der Waals surface area (Å²) in [6, 6.07) is 7.14. The summed E-state index contributed by atoms with van der Waals surface area (Å²) in [5.41, 5.74) is 5.25. The van der Waals surface area contributed by atoms with Crippen molar-refractivity contribution in [2.45, 2.75) is 30.3 Å². The number of hydrogen-bond acceptors (Lipinski definition) is 4. The third kappa shape index (κ3) is 2.66. The van der Waals surface area contributed by atoms with Gasteiger partial charge in [0, 0.05) is 6.04 Å². The molecule has 0 aliphatic heterocycles. The summed E-state index contributed by atoms with van der Waals surface area (Å²) in [5.74, 6) is -0.190. The molecule has 1 aromatic heterocycles. The van der Waals surface area contributed by atoms with E-state index in [2.05, 4.69) is 0 Å². The van der Waals surface area contributed by atoms with Gasteiger partial charge in [-0.25, -0.2) is 12.8 Å². The van der Waals surface area contributed by atoms with Crippen LogP contribution < -0.4 is 5.73 Å². The maximum absolute atomic E-state index is 13.5. The van der Waals surface area contributed by atoms with Crippen LogP contribution in [0.5, 0.6) is 0 Å². The van der Waals surface area contributed by atoms with Gasteiger partial charge in [-0.2, -0.15) is 4.31 Å². The van der Waals surface area contributed by atoms with Crippen molar-refractivity contribution < 1.29 is 17.2 Å². The van der Waals surface area contributed by atoms with Crippen molar-refractivity contribution in [1.82, 2.24) is 4.31 Å². The van der Waals surface area contributed by atoms with Crippen molar-refractivity contribution in [1.29, 1.82) is 0 Å². The lowest BCUT2D eigenvalue weighted by atomic mass is 10.3. The lowest BCUT2D eigenvalue weighted by Crippen LogP contribution is -2.33. The predicted octanol–water partition coefficient (Wildman–Crippen LogP) is 2.35. The van der Waals surface area contributed by atoms with Gasteiger partial charge in [0.2, 0.25) is 10.0 Å². The van der Waals surface area contributed by atoms with Gasteiger partial charge in [0.25, 0.3) is 0 Å². The molecule has 112 valence electrons. The molecule has 2 aromatic rings. The van der Waals surface area contributed by atoms with E-state index in [1.165, 1.54) is 22.7 Å². The number of para-hydroxylation sites is 1. The molecule has 0 bridgehead atoms. The number of halogens is 1. The molecule has 21 heavy (non-hydrogen) atoms. The molecule has 1 aliphatic rings. The van der Waals surface area contributed by atoms with E-state index in [-0.39, 0.29) is 23.2 Å². The van der Waals surface area contributed by atoms with Gasteiger partial charge in [0.1, 0.15) is 16.5 Å². The van der Waals surface area contributed by atoms with Gasteiger partial charge in [-0.15, -0.1) is 0 Å². The normalized spacial score (nSPS) is 15.5. The van der Waals surface area contributed by atoms with Crippen LogP contribution in [0.15, 0.2) is 45.9 Å². The van der Waals surface area contributed by atoms with E-state index in [1.54, 1.807) is 12.1 Å². The molecule has 7 heteroatoms. The van der Waals surface area contributed by atoms with Crippen molar-refractivity contribution in [3.8, 4) is 0 Å². The number of anilines is 1. The molecule has 1 aliphatic carbocycles. The van der Waals surface area contributed by atoms with Gasteiger partial charge in [-0.3, -0.25) is 0 Å². The maximum atomic E-state index is 13.5. The lowest BCUT2D eigenvalue weighted by Gasteiger charge is -2.21. The topological polar surface area (TPSA) is 76.5 Å². The van der Waals surface area contributed by atoms with Crippen LogP contribution in [0.2, 0.25) is 0 Å². The highest BCUT2D eigenvalue weighted by molar-refractivity contribution is 7.89. The molecule has 0 atom stereocenters. The Balaban J connectivity index is 1.99. The summed E-state index contributed by atoms with van der Waals surface area (Å²) in [4.78, 5) is -0.194. The lowest BCUT2D eigenvalue weighted by molar-refractivity contribution is 0.356. The van der Waals surface area contributed by atoms with Crippen molar-refractivity contribution in [2.24, 2.45) is 0 Å². The summed E-state index contributed by atoms with van der Waals surface area (Å²) < 4.78 is 45.6. The molecule has 0 spiro atoms. The summed E-state index contributed by atoms with van der Waals surface area (Å²) in [7, 11) is -3.86. The first-order valence-corrected chi connectivity index (χ1v) is 8.02. The van der Waals surface area contributed by atoms with E-state index < -0.39 is 15.8 Å². The summed E-state index contributed by atoms with van der Waals surface area (Å²) >= 11 is 0. The molecule has 0 radical (unpaired) electrons. The molecule has 1 fully saturated rings. The third-order valence-electron chi connectivity index (χ3n) is 3.45. The van der Waals surface area contributed by atoms with Crippen molar-refractivity contribution in [2.75, 3.05) is 5.73 Å². The second kappa shape index (κ2) is 5.16. The van der Waals surface area contributed by atoms with E-state index in [1.807, 2.05) is 0 Å². The van der Waals surface area contributed by atoms with Gasteiger partial charge in [-0.05, 0) is 37.1 Å². The second-order valence-electron chi connectivity index (χ2n) is 5.01. The molecule has 1 heterocycles. The van der Waals surface area contributed by atoms with Crippen LogP contribution in [0.25, 0.3) is 0 Å². The van der Waals surface area contributed by atoms with Crippen LogP contribution in [0.3, 0.4) is 0 Å². The molecule has 0 saturated heterocycles. The number of nitrogens with two attached hydrogens (primary N) is 1. The quantitative estimate of drug-likeness (QED) is 0.860. The summed E-state index contributed by atoms with van der Waals surface area (Å²) in [6.07, 6.45) is 3.06. The Morgan fingerprint density at radius 1 is 1.29 bits per heavy atom. The van der Waals surface area contributed by atoms with Crippen LogP contribution in [0.1, 0.15) is 18.6 Å². The first kappa shape index (κ1) is 14.1. The van der Waals surface area contributed by atoms with Crippen LogP contribution in [0.4, 0.5) is 10.1 Å². The molecule has 5 nitrogen and oxygen atoms in total. The molecular weight excluding hydrogens is 295 g/mol. The van der Waals surface area contributed by atoms with E-state index >= 15 is 0 Å². The highest BCUT2D eigenvalue weighted by Gasteiger charge is 2.39. The van der Waals surface area contributed by atoms with E-state index in [0.717, 1.165) is 18.9 Å². The summed E-state index contributed by atoms with van der Waals surface area (Å²) in [6.45, 7) is 0.121. The number of benzene rings is 1. The monoisotopic (exact) mass is 310 g/mol. The Hall–Kier alpha value is -1.86. The molecule has 2 N–H and O–H groups in total. The first-order chi connectivity index (χ1) is 10.00. The van der Waals surface area contributed by atoms with Crippen LogP contribution in [0, 0.1) is 5.82 Å². The van der Waals surface area contributed by atoms with Crippen molar-refractivity contribution in [3.05, 3.63) is 48.2 Å².